The molecule has 1 rings (SSSR count). The number of hydrogen-bond acceptors (Lipinski definition) is 4. The van der Waals surface area contributed by atoms with E-state index in [1.807, 2.05) is 12.1 Å². The molecule has 0 aromatic heterocycles. The molecule has 0 unspecified atom stereocenters. The fraction of sp³-hybridized carbons (Fsp3) is 0.611. The summed E-state index contributed by atoms with van der Waals surface area (Å²) in [5, 5.41) is 12.2. The highest BCUT2D eigenvalue weighted by atomic mass is 35.5. The van der Waals surface area contributed by atoms with Gasteiger partial charge in [0, 0.05) is 6.07 Å². The maximum absolute atomic E-state index is 9.03. The van der Waals surface area contributed by atoms with Gasteiger partial charge >= 0.3 is 0 Å². The van der Waals surface area contributed by atoms with E-state index in [4.69, 9.17) is 26.3 Å². The summed E-state index contributed by atoms with van der Waals surface area (Å²) < 4.78 is 11.8. The molecule has 5 heteroatoms. The van der Waals surface area contributed by atoms with E-state index in [1.54, 1.807) is 0 Å². The van der Waals surface area contributed by atoms with Crippen LogP contribution in [0.25, 0.3) is 0 Å². The smallest absolute Gasteiger partial charge is 0.179 e. The first-order chi connectivity index (χ1) is 11.0. The van der Waals surface area contributed by atoms with Crippen LogP contribution >= 0.6 is 11.6 Å². The molecular formula is C18H28ClNO3. The van der Waals surface area contributed by atoms with Crippen LogP contribution in [0.5, 0.6) is 11.5 Å². The Morgan fingerprint density at radius 3 is 2.13 bits per heavy atom. The topological polar surface area (TPSA) is 51.0 Å². The summed E-state index contributed by atoms with van der Waals surface area (Å²) in [6.07, 6.45) is 4.08. The minimum atomic E-state index is 0.0264. The molecule has 23 heavy (non-hydrogen) atoms. The van der Waals surface area contributed by atoms with E-state index >= 15 is 0 Å². The Morgan fingerprint density at radius 2 is 1.65 bits per heavy atom. The van der Waals surface area contributed by atoms with Gasteiger partial charge in [-0.05, 0) is 30.4 Å². The van der Waals surface area contributed by atoms with Gasteiger partial charge in [-0.3, -0.25) is 0 Å². The molecule has 0 saturated heterocycles. The van der Waals surface area contributed by atoms with Gasteiger partial charge in [0.25, 0.3) is 0 Å². The molecule has 0 fully saturated rings. The summed E-state index contributed by atoms with van der Waals surface area (Å²) >= 11 is 6.04. The minimum absolute atomic E-state index is 0.0264. The van der Waals surface area contributed by atoms with Crippen LogP contribution in [0.15, 0.2) is 17.3 Å². The van der Waals surface area contributed by atoms with Gasteiger partial charge in [-0.25, -0.2) is 0 Å². The normalized spacial score (nSPS) is 11.8. The average Bonchev–Trinajstić information content (AvgIpc) is 2.54. The summed E-state index contributed by atoms with van der Waals surface area (Å²) in [5.41, 5.74) is 1.62. The number of oxime groups is 1. The quantitative estimate of drug-likeness (QED) is 0.263. The van der Waals surface area contributed by atoms with Crippen LogP contribution in [0.3, 0.4) is 0 Å². The molecule has 0 bridgehead atoms. The third kappa shape index (κ3) is 5.94. The molecule has 0 atom stereocenters. The largest absolute Gasteiger partial charge is 0.493 e. The number of hydrogen-bond donors (Lipinski definition) is 1. The number of halogens is 1. The second-order valence-electron chi connectivity index (χ2n) is 5.84. The van der Waals surface area contributed by atoms with Crippen molar-refractivity contribution in [1.82, 2.24) is 0 Å². The number of benzene rings is 1. The van der Waals surface area contributed by atoms with Gasteiger partial charge in [-0.2, -0.15) is 0 Å². The molecule has 1 aromatic carbocycles. The number of nitrogens with zero attached hydrogens (tertiary/aromatic N) is 1. The molecule has 0 aliphatic heterocycles. The number of unbranched alkanes of at least 4 members (excludes halogenated alkanes) is 2. The maximum atomic E-state index is 9.03. The second kappa shape index (κ2) is 10.4. The first-order valence-electron chi connectivity index (χ1n) is 8.36. The summed E-state index contributed by atoms with van der Waals surface area (Å²) in [7, 11) is 0. The van der Waals surface area contributed by atoms with Crippen LogP contribution in [0.1, 0.15) is 70.4 Å². The monoisotopic (exact) mass is 341 g/mol. The third-order valence-electron chi connectivity index (χ3n) is 3.55. The zero-order valence-corrected chi connectivity index (χ0v) is 15.3. The zero-order valence-electron chi connectivity index (χ0n) is 14.6. The van der Waals surface area contributed by atoms with Gasteiger partial charge < -0.3 is 14.7 Å². The molecule has 0 radical (unpaired) electrons. The Kier molecular flexibility index (Phi) is 8.85. The Labute approximate surface area is 144 Å². The van der Waals surface area contributed by atoms with Gasteiger partial charge in [0.05, 0.1) is 18.8 Å². The highest BCUT2D eigenvalue weighted by molar-refractivity contribution is 6.69. The summed E-state index contributed by atoms with van der Waals surface area (Å²) in [4.78, 5) is 0. The fourth-order valence-electron chi connectivity index (χ4n) is 2.14. The van der Waals surface area contributed by atoms with E-state index in [-0.39, 0.29) is 11.1 Å². The second-order valence-corrected chi connectivity index (χ2v) is 6.19. The van der Waals surface area contributed by atoms with Crippen molar-refractivity contribution in [3.63, 3.8) is 0 Å². The van der Waals surface area contributed by atoms with E-state index in [0.717, 1.165) is 37.0 Å². The maximum Gasteiger partial charge on any atom is 0.179 e. The summed E-state index contributed by atoms with van der Waals surface area (Å²) in [5.74, 6) is 1.67. The number of ether oxygens (including phenoxy) is 2. The lowest BCUT2D eigenvalue weighted by molar-refractivity contribution is 0.290. The molecule has 1 N–H and O–H groups in total. The molecular weight excluding hydrogens is 314 g/mol. The minimum Gasteiger partial charge on any atom is -0.493 e. The zero-order chi connectivity index (χ0) is 17.2. The SMILES string of the molecule is CCCCOc1cc(OCCCC)c(C(C)C)cc1/C(Cl)=N/O. The summed E-state index contributed by atoms with van der Waals surface area (Å²) in [6.45, 7) is 9.68. The van der Waals surface area contributed by atoms with Crippen molar-refractivity contribution in [2.75, 3.05) is 13.2 Å². The van der Waals surface area contributed by atoms with Crippen molar-refractivity contribution >= 4 is 16.8 Å². The molecule has 0 heterocycles. The molecule has 0 amide bonds. The number of rotatable bonds is 10. The van der Waals surface area contributed by atoms with Crippen LogP contribution < -0.4 is 9.47 Å². The van der Waals surface area contributed by atoms with E-state index in [0.29, 0.717) is 24.5 Å². The molecule has 4 nitrogen and oxygen atoms in total. The van der Waals surface area contributed by atoms with Crippen LogP contribution in [-0.4, -0.2) is 23.6 Å². The Bertz CT molecular complexity index is 515. The van der Waals surface area contributed by atoms with Crippen molar-refractivity contribution in [3.05, 3.63) is 23.3 Å². The molecule has 130 valence electrons. The Balaban J connectivity index is 3.19. The molecule has 0 saturated carbocycles. The highest BCUT2D eigenvalue weighted by Crippen LogP contribution is 2.35. The first kappa shape index (κ1) is 19.6. The molecule has 0 spiro atoms. The summed E-state index contributed by atoms with van der Waals surface area (Å²) in [6, 6.07) is 3.76. The fourth-order valence-corrected chi connectivity index (χ4v) is 2.29. The Hall–Kier alpha value is -1.42. The van der Waals surface area contributed by atoms with Gasteiger partial charge in [-0.15, -0.1) is 0 Å². The van der Waals surface area contributed by atoms with Gasteiger partial charge in [0.15, 0.2) is 5.17 Å². The van der Waals surface area contributed by atoms with Crippen molar-refractivity contribution in [2.24, 2.45) is 5.16 Å². The lowest BCUT2D eigenvalue weighted by Gasteiger charge is -2.18. The lowest BCUT2D eigenvalue weighted by atomic mass is 9.99. The lowest BCUT2D eigenvalue weighted by Crippen LogP contribution is -2.07. The van der Waals surface area contributed by atoms with Crippen molar-refractivity contribution in [3.8, 4) is 11.5 Å². The average molecular weight is 342 g/mol. The van der Waals surface area contributed by atoms with Crippen LogP contribution in [0.4, 0.5) is 0 Å². The predicted molar refractivity (Wildman–Crippen MR) is 95.5 cm³/mol. The van der Waals surface area contributed by atoms with Crippen LogP contribution in [-0.2, 0) is 0 Å². The Morgan fingerprint density at radius 1 is 1.09 bits per heavy atom. The standard InChI is InChI=1S/C18H28ClNO3/c1-5-7-9-22-16-12-17(23-10-8-6-2)15(18(19)20-21)11-14(16)13(3)4/h11-13,21H,5-10H2,1-4H3/b20-18-. The van der Waals surface area contributed by atoms with Gasteiger partial charge in [-0.1, -0.05) is 57.3 Å². The molecule has 0 aliphatic carbocycles. The van der Waals surface area contributed by atoms with E-state index in [9.17, 15) is 0 Å². The first-order valence-corrected chi connectivity index (χ1v) is 8.74. The highest BCUT2D eigenvalue weighted by Gasteiger charge is 2.17. The van der Waals surface area contributed by atoms with E-state index in [2.05, 4.69) is 32.9 Å². The third-order valence-corrected chi connectivity index (χ3v) is 3.83. The van der Waals surface area contributed by atoms with Crippen LogP contribution in [0, 0.1) is 0 Å². The predicted octanol–water partition coefficient (Wildman–Crippen LogP) is 5.54. The molecule has 1 aromatic rings. The van der Waals surface area contributed by atoms with E-state index in [1.165, 1.54) is 0 Å². The van der Waals surface area contributed by atoms with Gasteiger partial charge in [0.1, 0.15) is 11.5 Å². The van der Waals surface area contributed by atoms with Crippen LogP contribution in [0.2, 0.25) is 0 Å². The molecule has 0 aliphatic rings. The van der Waals surface area contributed by atoms with Crippen molar-refractivity contribution in [2.45, 2.75) is 59.3 Å². The van der Waals surface area contributed by atoms with Crippen molar-refractivity contribution in [1.29, 1.82) is 0 Å². The van der Waals surface area contributed by atoms with Gasteiger partial charge in [0.2, 0.25) is 0 Å². The van der Waals surface area contributed by atoms with E-state index < -0.39 is 0 Å². The van der Waals surface area contributed by atoms with Crippen molar-refractivity contribution < 1.29 is 14.7 Å².